The Bertz CT molecular complexity index is 902. The van der Waals surface area contributed by atoms with Crippen LogP contribution in [0.3, 0.4) is 0 Å². The highest BCUT2D eigenvalue weighted by Gasteiger charge is 2.52. The fourth-order valence-corrected chi connectivity index (χ4v) is 5.44. The Morgan fingerprint density at radius 1 is 1.00 bits per heavy atom. The average molecular weight is 419 g/mol. The quantitative estimate of drug-likeness (QED) is 0.731. The molecule has 0 radical (unpaired) electrons. The van der Waals surface area contributed by atoms with Gasteiger partial charge in [0.1, 0.15) is 5.54 Å². The number of imide groups is 1. The smallest absolute Gasteiger partial charge is 0.323 e. The highest BCUT2D eigenvalue weighted by atomic mass is 32.2. The Labute approximate surface area is 171 Å². The van der Waals surface area contributed by atoms with E-state index in [-0.39, 0.29) is 18.6 Å². The van der Waals surface area contributed by atoms with E-state index in [2.05, 4.69) is 5.32 Å². The molecule has 4 rings (SSSR count). The summed E-state index contributed by atoms with van der Waals surface area (Å²) >= 11 is 0. The molecule has 3 fully saturated rings. The van der Waals surface area contributed by atoms with Gasteiger partial charge in [-0.3, -0.25) is 9.69 Å². The van der Waals surface area contributed by atoms with Crippen molar-refractivity contribution < 1.29 is 18.0 Å². The molecule has 2 aliphatic heterocycles. The molecule has 1 N–H and O–H groups in total. The molecule has 2 saturated heterocycles. The van der Waals surface area contributed by atoms with Gasteiger partial charge in [-0.05, 0) is 24.5 Å². The number of hydrogen-bond acceptors (Lipinski definition) is 5. The van der Waals surface area contributed by atoms with Crippen molar-refractivity contribution >= 4 is 28.0 Å². The lowest BCUT2D eigenvalue weighted by atomic mass is 9.98. The lowest BCUT2D eigenvalue weighted by Crippen LogP contribution is -2.52. The van der Waals surface area contributed by atoms with Crippen LogP contribution < -0.4 is 5.32 Å². The molecule has 0 bridgehead atoms. The van der Waals surface area contributed by atoms with E-state index >= 15 is 0 Å². The van der Waals surface area contributed by atoms with E-state index in [1.165, 1.54) is 14.6 Å². The third kappa shape index (κ3) is 4.08. The van der Waals surface area contributed by atoms with Crippen LogP contribution in [0.1, 0.15) is 31.2 Å². The summed E-state index contributed by atoms with van der Waals surface area (Å²) in [5.74, 6) is -0.138. The van der Waals surface area contributed by atoms with Gasteiger partial charge < -0.3 is 5.32 Å². The number of benzene rings is 1. The van der Waals surface area contributed by atoms with Crippen LogP contribution in [-0.2, 0) is 14.8 Å². The van der Waals surface area contributed by atoms with Gasteiger partial charge in [0.05, 0.1) is 6.67 Å². The number of nitrogens with one attached hydrogen (secondary N) is 1. The fourth-order valence-electron chi connectivity index (χ4n) is 4.26. The van der Waals surface area contributed by atoms with E-state index in [9.17, 15) is 18.0 Å². The maximum Gasteiger partial charge on any atom is 0.326 e. The maximum atomic E-state index is 12.8. The number of carbonyl (C=O) groups is 2. The first-order valence-corrected chi connectivity index (χ1v) is 11.5. The van der Waals surface area contributed by atoms with Crippen molar-refractivity contribution in [3.63, 3.8) is 0 Å². The molecule has 1 aliphatic carbocycles. The topological polar surface area (TPSA) is 90.0 Å². The SMILES string of the molecule is O=C1NC2(CCCC2)C(=O)N1CN1CCN(S(=O)(=O)/C=C/c2ccccc2)CC1. The largest absolute Gasteiger partial charge is 0.326 e. The van der Waals surface area contributed by atoms with Gasteiger partial charge in [-0.2, -0.15) is 4.31 Å². The molecule has 0 aromatic heterocycles. The van der Waals surface area contributed by atoms with Gasteiger partial charge in [0.2, 0.25) is 10.0 Å². The minimum absolute atomic E-state index is 0.138. The summed E-state index contributed by atoms with van der Waals surface area (Å²) in [6.45, 7) is 1.82. The number of urea groups is 1. The highest BCUT2D eigenvalue weighted by Crippen LogP contribution is 2.35. The van der Waals surface area contributed by atoms with Gasteiger partial charge in [0.25, 0.3) is 5.91 Å². The van der Waals surface area contributed by atoms with Gasteiger partial charge >= 0.3 is 6.03 Å². The highest BCUT2D eigenvalue weighted by molar-refractivity contribution is 7.92. The Balaban J connectivity index is 1.33. The van der Waals surface area contributed by atoms with Crippen LogP contribution in [0.4, 0.5) is 4.79 Å². The van der Waals surface area contributed by atoms with Gasteiger partial charge in [0, 0.05) is 31.6 Å². The summed E-state index contributed by atoms with van der Waals surface area (Å²) in [4.78, 5) is 28.3. The Hall–Kier alpha value is -2.23. The second-order valence-electron chi connectivity index (χ2n) is 7.87. The minimum atomic E-state index is -3.51. The van der Waals surface area contributed by atoms with Crippen LogP contribution in [0.2, 0.25) is 0 Å². The summed E-state index contributed by atoms with van der Waals surface area (Å²) in [5.41, 5.74) is 0.124. The fraction of sp³-hybridized carbons (Fsp3) is 0.500. The van der Waals surface area contributed by atoms with E-state index < -0.39 is 15.6 Å². The van der Waals surface area contributed by atoms with E-state index in [1.54, 1.807) is 6.08 Å². The van der Waals surface area contributed by atoms with Gasteiger partial charge in [-0.15, -0.1) is 0 Å². The normalized spacial score (nSPS) is 23.4. The molecule has 8 nitrogen and oxygen atoms in total. The van der Waals surface area contributed by atoms with E-state index in [1.807, 2.05) is 35.2 Å². The van der Waals surface area contributed by atoms with Crippen molar-refractivity contribution in [2.24, 2.45) is 0 Å². The predicted octanol–water partition coefficient (Wildman–Crippen LogP) is 1.43. The van der Waals surface area contributed by atoms with Crippen LogP contribution in [0.15, 0.2) is 35.7 Å². The first kappa shape index (κ1) is 20.1. The minimum Gasteiger partial charge on any atom is -0.323 e. The average Bonchev–Trinajstić information content (AvgIpc) is 3.28. The molecule has 3 aliphatic rings. The molecule has 1 aromatic carbocycles. The van der Waals surface area contributed by atoms with Crippen molar-refractivity contribution in [1.29, 1.82) is 0 Å². The third-order valence-corrected chi connectivity index (χ3v) is 7.53. The summed E-state index contributed by atoms with van der Waals surface area (Å²) in [6, 6.07) is 8.95. The molecule has 29 heavy (non-hydrogen) atoms. The summed E-state index contributed by atoms with van der Waals surface area (Å²) in [7, 11) is -3.51. The standard InChI is InChI=1S/C20H26N4O4S/c25-18-20(9-4-5-10-20)21-19(26)24(18)16-22-11-13-23(14-12-22)29(27,28)15-8-17-6-2-1-3-7-17/h1-3,6-8,15H,4-5,9-14,16H2,(H,21,26)/b15-8+. The van der Waals surface area contributed by atoms with E-state index in [0.717, 1.165) is 18.4 Å². The van der Waals surface area contributed by atoms with Crippen molar-refractivity contribution in [2.75, 3.05) is 32.8 Å². The summed E-state index contributed by atoms with van der Waals surface area (Å²) < 4.78 is 26.6. The number of amides is 3. The first-order valence-electron chi connectivity index (χ1n) is 9.99. The zero-order valence-corrected chi connectivity index (χ0v) is 17.1. The summed E-state index contributed by atoms with van der Waals surface area (Å²) in [5, 5.41) is 4.11. The Morgan fingerprint density at radius 2 is 1.66 bits per heavy atom. The second-order valence-corrected chi connectivity index (χ2v) is 9.69. The number of nitrogens with zero attached hydrogens (tertiary/aromatic N) is 3. The molecule has 0 unspecified atom stereocenters. The second kappa shape index (κ2) is 7.89. The third-order valence-electron chi connectivity index (χ3n) is 5.97. The molecule has 3 amide bonds. The zero-order valence-electron chi connectivity index (χ0n) is 16.3. The van der Waals surface area contributed by atoms with Gasteiger partial charge in [-0.25, -0.2) is 18.1 Å². The Kier molecular flexibility index (Phi) is 5.46. The van der Waals surface area contributed by atoms with Crippen molar-refractivity contribution in [3.8, 4) is 0 Å². The predicted molar refractivity (Wildman–Crippen MR) is 109 cm³/mol. The monoisotopic (exact) mass is 418 g/mol. The zero-order chi connectivity index (χ0) is 20.5. The van der Waals surface area contributed by atoms with Crippen molar-refractivity contribution in [3.05, 3.63) is 41.3 Å². The van der Waals surface area contributed by atoms with Gasteiger partial charge in [-0.1, -0.05) is 43.2 Å². The number of carbonyl (C=O) groups excluding carboxylic acids is 2. The molecule has 1 aromatic rings. The van der Waals surface area contributed by atoms with E-state index in [0.29, 0.717) is 39.0 Å². The molecule has 9 heteroatoms. The molecule has 156 valence electrons. The first-order chi connectivity index (χ1) is 13.9. The Morgan fingerprint density at radius 3 is 2.31 bits per heavy atom. The molecular weight excluding hydrogens is 392 g/mol. The summed E-state index contributed by atoms with van der Waals surface area (Å²) in [6.07, 6.45) is 4.90. The number of sulfonamides is 1. The molecular formula is C20H26N4O4S. The number of hydrogen-bond donors (Lipinski definition) is 1. The lowest BCUT2D eigenvalue weighted by Gasteiger charge is -2.34. The molecule has 2 heterocycles. The van der Waals surface area contributed by atoms with Crippen LogP contribution in [0, 0.1) is 0 Å². The van der Waals surface area contributed by atoms with Crippen LogP contribution in [0.5, 0.6) is 0 Å². The number of rotatable bonds is 5. The maximum absolute atomic E-state index is 12.8. The molecule has 1 saturated carbocycles. The van der Waals surface area contributed by atoms with Crippen molar-refractivity contribution in [1.82, 2.24) is 19.4 Å². The molecule has 0 atom stereocenters. The van der Waals surface area contributed by atoms with Crippen LogP contribution in [0.25, 0.3) is 6.08 Å². The number of piperazine rings is 1. The van der Waals surface area contributed by atoms with Gasteiger partial charge in [0.15, 0.2) is 0 Å². The van der Waals surface area contributed by atoms with Crippen LogP contribution >= 0.6 is 0 Å². The van der Waals surface area contributed by atoms with Crippen LogP contribution in [-0.4, -0.2) is 72.8 Å². The van der Waals surface area contributed by atoms with Crippen molar-refractivity contribution in [2.45, 2.75) is 31.2 Å². The lowest BCUT2D eigenvalue weighted by molar-refractivity contribution is -0.132. The van der Waals surface area contributed by atoms with E-state index in [4.69, 9.17) is 0 Å². The molecule has 1 spiro atoms.